The minimum atomic E-state index is -0.534. The van der Waals surface area contributed by atoms with Gasteiger partial charge in [-0.25, -0.2) is 0 Å². The van der Waals surface area contributed by atoms with Gasteiger partial charge in [0.15, 0.2) is 5.78 Å². The third-order valence-corrected chi connectivity index (χ3v) is 3.65. The maximum Gasteiger partial charge on any atom is 0.169 e. The lowest BCUT2D eigenvalue weighted by Gasteiger charge is -2.34. The summed E-state index contributed by atoms with van der Waals surface area (Å²) < 4.78 is 5.54. The van der Waals surface area contributed by atoms with Gasteiger partial charge in [0.2, 0.25) is 0 Å². The molecule has 1 heterocycles. The molecule has 1 aromatic rings. The molecular weight excluding hydrogens is 214 g/mol. The average molecular weight is 233 g/mol. The Bertz CT molecular complexity index is 369. The molecule has 17 heavy (non-hydrogen) atoms. The van der Waals surface area contributed by atoms with E-state index in [2.05, 4.69) is 4.98 Å². The highest BCUT2D eigenvalue weighted by molar-refractivity contribution is 5.89. The second-order valence-corrected chi connectivity index (χ2v) is 4.72. The van der Waals surface area contributed by atoms with Crippen LogP contribution in [0.1, 0.15) is 37.7 Å². The number of Topliss-reactive ketones (excluding diaryl/α,β-unsaturated/α-hetero) is 1. The van der Waals surface area contributed by atoms with E-state index >= 15 is 0 Å². The minimum absolute atomic E-state index is 0.202. The number of ketones is 1. The van der Waals surface area contributed by atoms with Crippen molar-refractivity contribution in [1.29, 1.82) is 0 Å². The number of hydrogen-bond donors (Lipinski definition) is 0. The van der Waals surface area contributed by atoms with Gasteiger partial charge >= 0.3 is 0 Å². The van der Waals surface area contributed by atoms with E-state index < -0.39 is 5.60 Å². The van der Waals surface area contributed by atoms with E-state index in [1.165, 1.54) is 6.42 Å². The van der Waals surface area contributed by atoms with Crippen molar-refractivity contribution < 1.29 is 9.53 Å². The van der Waals surface area contributed by atoms with Crippen molar-refractivity contribution in [1.82, 2.24) is 4.98 Å². The summed E-state index contributed by atoms with van der Waals surface area (Å²) in [5.41, 5.74) is 0.438. The van der Waals surface area contributed by atoms with E-state index in [1.54, 1.807) is 19.5 Å². The standard InChI is InChI=1S/C14H19NO2/c1-17-14(7-3-2-4-8-14)13(16)10-12-6-5-9-15-11-12/h5-6,9,11H,2-4,7-8,10H2,1H3. The third-order valence-electron chi connectivity index (χ3n) is 3.65. The number of hydrogen-bond acceptors (Lipinski definition) is 3. The Morgan fingerprint density at radius 1 is 1.41 bits per heavy atom. The summed E-state index contributed by atoms with van der Waals surface area (Å²) in [6.07, 6.45) is 9.03. The van der Waals surface area contributed by atoms with E-state index in [-0.39, 0.29) is 5.78 Å². The Balaban J connectivity index is 2.07. The first kappa shape index (κ1) is 12.2. The van der Waals surface area contributed by atoms with Gasteiger partial charge in [0.05, 0.1) is 0 Å². The lowest BCUT2D eigenvalue weighted by molar-refractivity contribution is -0.144. The second kappa shape index (κ2) is 5.41. The van der Waals surface area contributed by atoms with Gasteiger partial charge in [0.1, 0.15) is 5.60 Å². The molecule has 1 aliphatic carbocycles. The highest BCUT2D eigenvalue weighted by Gasteiger charge is 2.38. The van der Waals surface area contributed by atoms with Gasteiger partial charge in [-0.05, 0) is 24.5 Å². The van der Waals surface area contributed by atoms with Crippen molar-refractivity contribution in [2.45, 2.75) is 44.1 Å². The number of rotatable bonds is 4. The number of nitrogens with zero attached hydrogens (tertiary/aromatic N) is 1. The van der Waals surface area contributed by atoms with Crippen molar-refractivity contribution in [2.24, 2.45) is 0 Å². The van der Waals surface area contributed by atoms with Crippen molar-refractivity contribution >= 4 is 5.78 Å². The van der Waals surface area contributed by atoms with Crippen LogP contribution in [0.15, 0.2) is 24.5 Å². The molecular formula is C14H19NO2. The lowest BCUT2D eigenvalue weighted by Crippen LogP contribution is -2.43. The van der Waals surface area contributed by atoms with Gasteiger partial charge in [-0.2, -0.15) is 0 Å². The molecule has 0 aromatic carbocycles. The maximum absolute atomic E-state index is 12.4. The number of ether oxygens (including phenoxy) is 1. The zero-order valence-corrected chi connectivity index (χ0v) is 10.3. The van der Waals surface area contributed by atoms with Crippen LogP contribution in [0.3, 0.4) is 0 Å². The predicted molar refractivity (Wildman–Crippen MR) is 65.8 cm³/mol. The summed E-state index contributed by atoms with van der Waals surface area (Å²) in [4.78, 5) is 16.4. The predicted octanol–water partition coefficient (Wildman–Crippen LogP) is 2.54. The maximum atomic E-state index is 12.4. The lowest BCUT2D eigenvalue weighted by atomic mass is 9.80. The molecule has 0 radical (unpaired) electrons. The van der Waals surface area contributed by atoms with Crippen LogP contribution in [-0.4, -0.2) is 23.5 Å². The smallest absolute Gasteiger partial charge is 0.169 e. The Morgan fingerprint density at radius 2 is 2.18 bits per heavy atom. The van der Waals surface area contributed by atoms with Crippen LogP contribution in [0.5, 0.6) is 0 Å². The second-order valence-electron chi connectivity index (χ2n) is 4.72. The Hall–Kier alpha value is -1.22. The van der Waals surface area contributed by atoms with Gasteiger partial charge < -0.3 is 4.74 Å². The summed E-state index contributed by atoms with van der Waals surface area (Å²) in [6, 6.07) is 3.81. The van der Waals surface area contributed by atoms with Crippen LogP contribution >= 0.6 is 0 Å². The van der Waals surface area contributed by atoms with Gasteiger partial charge in [-0.1, -0.05) is 25.3 Å². The molecule has 3 nitrogen and oxygen atoms in total. The molecule has 1 aromatic heterocycles. The summed E-state index contributed by atoms with van der Waals surface area (Å²) >= 11 is 0. The average Bonchev–Trinajstić information content (AvgIpc) is 2.40. The fourth-order valence-electron chi connectivity index (χ4n) is 2.57. The van der Waals surface area contributed by atoms with Crippen LogP contribution in [0.2, 0.25) is 0 Å². The summed E-state index contributed by atoms with van der Waals surface area (Å²) in [7, 11) is 1.66. The first-order valence-corrected chi connectivity index (χ1v) is 6.24. The number of carbonyl (C=O) groups is 1. The van der Waals surface area contributed by atoms with Gasteiger partial charge in [0.25, 0.3) is 0 Å². The molecule has 0 amide bonds. The highest BCUT2D eigenvalue weighted by atomic mass is 16.5. The van der Waals surface area contributed by atoms with Gasteiger partial charge in [-0.15, -0.1) is 0 Å². The van der Waals surface area contributed by atoms with Crippen LogP contribution in [-0.2, 0) is 16.0 Å². The zero-order valence-electron chi connectivity index (χ0n) is 10.3. The Kier molecular flexibility index (Phi) is 3.89. The van der Waals surface area contributed by atoms with E-state index in [0.717, 1.165) is 31.2 Å². The Morgan fingerprint density at radius 3 is 2.76 bits per heavy atom. The third kappa shape index (κ3) is 2.72. The molecule has 92 valence electrons. The normalized spacial score (nSPS) is 18.9. The largest absolute Gasteiger partial charge is 0.370 e. The van der Waals surface area contributed by atoms with Crippen LogP contribution in [0.4, 0.5) is 0 Å². The number of aromatic nitrogens is 1. The molecule has 2 rings (SSSR count). The summed E-state index contributed by atoms with van der Waals surface area (Å²) in [6.45, 7) is 0. The first-order chi connectivity index (χ1) is 8.27. The number of methoxy groups -OCH3 is 1. The SMILES string of the molecule is COC1(C(=O)Cc2cccnc2)CCCCC1. The minimum Gasteiger partial charge on any atom is -0.370 e. The van der Waals surface area contributed by atoms with Crippen molar-refractivity contribution in [3.8, 4) is 0 Å². The Labute approximate surface area is 102 Å². The number of pyridine rings is 1. The van der Waals surface area contributed by atoms with E-state index in [9.17, 15) is 4.79 Å². The van der Waals surface area contributed by atoms with E-state index in [0.29, 0.717) is 6.42 Å². The van der Waals surface area contributed by atoms with E-state index in [4.69, 9.17) is 4.74 Å². The molecule has 0 atom stereocenters. The molecule has 0 saturated heterocycles. The number of carbonyl (C=O) groups excluding carboxylic acids is 1. The molecule has 1 aliphatic rings. The monoisotopic (exact) mass is 233 g/mol. The molecule has 0 aliphatic heterocycles. The molecule has 3 heteroatoms. The zero-order chi connectivity index (χ0) is 12.1. The van der Waals surface area contributed by atoms with Gasteiger partial charge in [0, 0.05) is 25.9 Å². The van der Waals surface area contributed by atoms with Crippen molar-refractivity contribution in [3.05, 3.63) is 30.1 Å². The molecule has 1 fully saturated rings. The quantitative estimate of drug-likeness (QED) is 0.802. The van der Waals surface area contributed by atoms with Crippen LogP contribution < -0.4 is 0 Å². The fourth-order valence-corrected chi connectivity index (χ4v) is 2.57. The molecule has 0 unspecified atom stereocenters. The van der Waals surface area contributed by atoms with Crippen molar-refractivity contribution in [3.63, 3.8) is 0 Å². The molecule has 0 N–H and O–H groups in total. The first-order valence-electron chi connectivity index (χ1n) is 6.24. The van der Waals surface area contributed by atoms with Crippen molar-refractivity contribution in [2.75, 3.05) is 7.11 Å². The topological polar surface area (TPSA) is 39.2 Å². The molecule has 0 bridgehead atoms. The van der Waals surface area contributed by atoms with Crippen LogP contribution in [0, 0.1) is 0 Å². The molecule has 0 spiro atoms. The highest BCUT2D eigenvalue weighted by Crippen LogP contribution is 2.32. The summed E-state index contributed by atoms with van der Waals surface area (Å²) in [5.74, 6) is 0.202. The fraction of sp³-hybridized carbons (Fsp3) is 0.571. The van der Waals surface area contributed by atoms with Crippen LogP contribution in [0.25, 0.3) is 0 Å². The van der Waals surface area contributed by atoms with E-state index in [1.807, 2.05) is 12.1 Å². The van der Waals surface area contributed by atoms with Gasteiger partial charge in [-0.3, -0.25) is 9.78 Å². The summed E-state index contributed by atoms with van der Waals surface area (Å²) in [5, 5.41) is 0. The molecule has 1 saturated carbocycles.